The molecule has 0 saturated carbocycles. The number of esters is 1. The van der Waals surface area contributed by atoms with Gasteiger partial charge in [0.1, 0.15) is 0 Å². The zero-order valence-corrected chi connectivity index (χ0v) is 13.4. The number of benzene rings is 1. The SMILES string of the molecule is CCOC(=O)C1CCCN(CC(=O)Nc2cccc(Cl)c2)C1. The van der Waals surface area contributed by atoms with Gasteiger partial charge in [0.15, 0.2) is 0 Å². The second-order valence-corrected chi connectivity index (χ2v) is 5.82. The van der Waals surface area contributed by atoms with E-state index in [1.54, 1.807) is 31.2 Å². The topological polar surface area (TPSA) is 58.6 Å². The first-order valence-electron chi connectivity index (χ1n) is 7.53. The minimum atomic E-state index is -0.164. The summed E-state index contributed by atoms with van der Waals surface area (Å²) in [5.74, 6) is -0.401. The van der Waals surface area contributed by atoms with Gasteiger partial charge in [0.25, 0.3) is 0 Å². The monoisotopic (exact) mass is 324 g/mol. The average Bonchev–Trinajstić information content (AvgIpc) is 2.47. The fourth-order valence-corrected chi connectivity index (χ4v) is 2.81. The Labute approximate surface area is 135 Å². The lowest BCUT2D eigenvalue weighted by molar-refractivity contribution is -0.150. The minimum Gasteiger partial charge on any atom is -0.466 e. The van der Waals surface area contributed by atoms with Crippen LogP contribution in [0.25, 0.3) is 0 Å². The molecule has 120 valence electrons. The summed E-state index contributed by atoms with van der Waals surface area (Å²) in [5, 5.41) is 3.40. The van der Waals surface area contributed by atoms with Crippen LogP contribution >= 0.6 is 11.6 Å². The molecule has 1 aromatic rings. The summed E-state index contributed by atoms with van der Waals surface area (Å²) in [5.41, 5.74) is 0.677. The number of likely N-dealkylation sites (tertiary alicyclic amines) is 1. The van der Waals surface area contributed by atoms with Gasteiger partial charge in [-0.1, -0.05) is 17.7 Å². The van der Waals surface area contributed by atoms with Crippen molar-refractivity contribution in [3.63, 3.8) is 0 Å². The van der Waals surface area contributed by atoms with Crippen LogP contribution in [0.4, 0.5) is 5.69 Å². The smallest absolute Gasteiger partial charge is 0.310 e. The molecule has 1 N–H and O–H groups in total. The summed E-state index contributed by atoms with van der Waals surface area (Å²) in [6.07, 6.45) is 1.72. The number of nitrogens with one attached hydrogen (secondary N) is 1. The molecule has 0 aliphatic carbocycles. The zero-order valence-electron chi connectivity index (χ0n) is 12.7. The molecular weight excluding hydrogens is 304 g/mol. The van der Waals surface area contributed by atoms with E-state index >= 15 is 0 Å². The minimum absolute atomic E-state index is 0.105. The van der Waals surface area contributed by atoms with Crippen molar-refractivity contribution in [2.75, 3.05) is 31.6 Å². The average molecular weight is 325 g/mol. The Bertz CT molecular complexity index is 536. The quantitative estimate of drug-likeness (QED) is 0.846. The normalized spacial score (nSPS) is 18.7. The molecule has 0 radical (unpaired) electrons. The largest absolute Gasteiger partial charge is 0.466 e. The van der Waals surface area contributed by atoms with E-state index in [1.807, 2.05) is 4.90 Å². The lowest BCUT2D eigenvalue weighted by atomic mass is 9.98. The Hall–Kier alpha value is -1.59. The number of anilines is 1. The third-order valence-electron chi connectivity index (χ3n) is 3.60. The molecule has 1 heterocycles. The molecule has 2 rings (SSSR count). The van der Waals surface area contributed by atoms with Crippen molar-refractivity contribution in [1.82, 2.24) is 4.90 Å². The summed E-state index contributed by atoms with van der Waals surface area (Å²) < 4.78 is 5.06. The first-order chi connectivity index (χ1) is 10.6. The van der Waals surface area contributed by atoms with Crippen molar-refractivity contribution in [1.29, 1.82) is 0 Å². The van der Waals surface area contributed by atoms with Gasteiger partial charge in [-0.25, -0.2) is 0 Å². The van der Waals surface area contributed by atoms with E-state index in [4.69, 9.17) is 16.3 Å². The van der Waals surface area contributed by atoms with Gasteiger partial charge < -0.3 is 10.1 Å². The van der Waals surface area contributed by atoms with Gasteiger partial charge in [-0.3, -0.25) is 14.5 Å². The molecule has 1 amide bonds. The Balaban J connectivity index is 1.84. The molecule has 0 bridgehead atoms. The molecule has 1 aromatic carbocycles. The number of amides is 1. The molecule has 22 heavy (non-hydrogen) atoms. The number of carbonyl (C=O) groups excluding carboxylic acids is 2. The van der Waals surface area contributed by atoms with Crippen LogP contribution in [0, 0.1) is 5.92 Å². The van der Waals surface area contributed by atoms with Gasteiger partial charge in [-0.15, -0.1) is 0 Å². The molecule has 0 aromatic heterocycles. The first-order valence-corrected chi connectivity index (χ1v) is 7.90. The maximum absolute atomic E-state index is 12.1. The molecular formula is C16H21ClN2O3. The van der Waals surface area contributed by atoms with Crippen LogP contribution in [-0.4, -0.2) is 43.0 Å². The number of carbonyl (C=O) groups is 2. The maximum atomic E-state index is 12.1. The molecule has 1 aliphatic heterocycles. The Morgan fingerprint density at radius 1 is 1.45 bits per heavy atom. The number of piperidine rings is 1. The second-order valence-electron chi connectivity index (χ2n) is 5.38. The highest BCUT2D eigenvalue weighted by Crippen LogP contribution is 2.18. The predicted molar refractivity (Wildman–Crippen MR) is 85.9 cm³/mol. The highest BCUT2D eigenvalue weighted by Gasteiger charge is 2.27. The number of hydrogen-bond acceptors (Lipinski definition) is 4. The second kappa shape index (κ2) is 8.15. The Morgan fingerprint density at radius 2 is 2.27 bits per heavy atom. The number of hydrogen-bond donors (Lipinski definition) is 1. The fraction of sp³-hybridized carbons (Fsp3) is 0.500. The highest BCUT2D eigenvalue weighted by atomic mass is 35.5. The predicted octanol–water partition coefficient (Wildman–Crippen LogP) is 2.55. The number of nitrogens with zero attached hydrogens (tertiary/aromatic N) is 1. The third-order valence-corrected chi connectivity index (χ3v) is 3.84. The van der Waals surface area contributed by atoms with Crippen LogP contribution in [0.1, 0.15) is 19.8 Å². The van der Waals surface area contributed by atoms with Crippen LogP contribution in [0.15, 0.2) is 24.3 Å². The summed E-state index contributed by atoms with van der Waals surface area (Å²) in [6, 6.07) is 7.04. The fourth-order valence-electron chi connectivity index (χ4n) is 2.62. The van der Waals surface area contributed by atoms with E-state index < -0.39 is 0 Å². The van der Waals surface area contributed by atoms with E-state index in [9.17, 15) is 9.59 Å². The molecule has 1 fully saturated rings. The molecule has 1 saturated heterocycles. The lowest BCUT2D eigenvalue weighted by Gasteiger charge is -2.30. The van der Waals surface area contributed by atoms with Gasteiger partial charge in [-0.05, 0) is 44.5 Å². The van der Waals surface area contributed by atoms with Crippen LogP contribution in [0.2, 0.25) is 5.02 Å². The highest BCUT2D eigenvalue weighted by molar-refractivity contribution is 6.30. The Kier molecular flexibility index (Phi) is 6.21. The third kappa shape index (κ3) is 5.00. The van der Waals surface area contributed by atoms with Crippen LogP contribution < -0.4 is 5.32 Å². The van der Waals surface area contributed by atoms with E-state index in [2.05, 4.69) is 5.32 Å². The van der Waals surface area contributed by atoms with Crippen molar-refractivity contribution >= 4 is 29.2 Å². The van der Waals surface area contributed by atoms with Gasteiger partial charge >= 0.3 is 5.97 Å². The van der Waals surface area contributed by atoms with E-state index in [0.717, 1.165) is 19.4 Å². The van der Waals surface area contributed by atoms with Crippen molar-refractivity contribution < 1.29 is 14.3 Å². The molecule has 1 unspecified atom stereocenters. The summed E-state index contributed by atoms with van der Waals surface area (Å²) in [6.45, 7) is 3.85. The number of ether oxygens (including phenoxy) is 1. The van der Waals surface area contributed by atoms with E-state index in [1.165, 1.54) is 0 Å². The van der Waals surface area contributed by atoms with Crippen molar-refractivity contribution in [3.8, 4) is 0 Å². The standard InChI is InChI=1S/C16H21ClN2O3/c1-2-22-16(21)12-5-4-8-19(10-12)11-15(20)18-14-7-3-6-13(17)9-14/h3,6-7,9,12H,2,4-5,8,10-11H2,1H3,(H,18,20). The van der Waals surface area contributed by atoms with Crippen molar-refractivity contribution in [2.45, 2.75) is 19.8 Å². The lowest BCUT2D eigenvalue weighted by Crippen LogP contribution is -2.43. The molecule has 5 nitrogen and oxygen atoms in total. The van der Waals surface area contributed by atoms with Gasteiger partial charge in [-0.2, -0.15) is 0 Å². The van der Waals surface area contributed by atoms with Crippen molar-refractivity contribution in [3.05, 3.63) is 29.3 Å². The summed E-state index contributed by atoms with van der Waals surface area (Å²) in [4.78, 5) is 25.9. The van der Waals surface area contributed by atoms with Gasteiger partial charge in [0.2, 0.25) is 5.91 Å². The molecule has 1 aliphatic rings. The maximum Gasteiger partial charge on any atom is 0.310 e. The number of rotatable bonds is 5. The van der Waals surface area contributed by atoms with E-state index in [0.29, 0.717) is 23.9 Å². The van der Waals surface area contributed by atoms with Gasteiger partial charge in [0, 0.05) is 17.3 Å². The van der Waals surface area contributed by atoms with Crippen LogP contribution in [0.3, 0.4) is 0 Å². The van der Waals surface area contributed by atoms with Gasteiger partial charge in [0.05, 0.1) is 19.1 Å². The molecule has 0 spiro atoms. The molecule has 6 heteroatoms. The van der Waals surface area contributed by atoms with Crippen molar-refractivity contribution in [2.24, 2.45) is 5.92 Å². The van der Waals surface area contributed by atoms with E-state index in [-0.39, 0.29) is 24.3 Å². The van der Waals surface area contributed by atoms with Crippen LogP contribution in [0.5, 0.6) is 0 Å². The Morgan fingerprint density at radius 3 is 3.00 bits per heavy atom. The summed E-state index contributed by atoms with van der Waals surface area (Å²) >= 11 is 5.89. The zero-order chi connectivity index (χ0) is 15.9. The number of halogens is 1. The summed E-state index contributed by atoms with van der Waals surface area (Å²) in [7, 11) is 0. The van der Waals surface area contributed by atoms with Crippen LogP contribution in [-0.2, 0) is 14.3 Å². The molecule has 1 atom stereocenters. The first kappa shape index (κ1) is 16.8.